The molecule has 2 aliphatic rings. The lowest BCUT2D eigenvalue weighted by atomic mass is 10.0. The van der Waals surface area contributed by atoms with E-state index in [0.717, 1.165) is 5.39 Å². The van der Waals surface area contributed by atoms with Crippen LogP contribution in [0.1, 0.15) is 23.4 Å². The number of furan rings is 1. The van der Waals surface area contributed by atoms with Gasteiger partial charge in [-0.25, -0.2) is 9.69 Å². The summed E-state index contributed by atoms with van der Waals surface area (Å²) < 4.78 is 10.4. The van der Waals surface area contributed by atoms with Crippen LogP contribution in [0.25, 0.3) is 11.0 Å². The van der Waals surface area contributed by atoms with Gasteiger partial charge in [0.1, 0.15) is 5.58 Å². The van der Waals surface area contributed by atoms with Gasteiger partial charge in [-0.1, -0.05) is 18.2 Å². The van der Waals surface area contributed by atoms with Gasteiger partial charge < -0.3 is 14.1 Å². The molecule has 1 aromatic carbocycles. The molecule has 0 aliphatic carbocycles. The van der Waals surface area contributed by atoms with E-state index in [1.807, 2.05) is 24.3 Å². The summed E-state index contributed by atoms with van der Waals surface area (Å²) in [6, 6.07) is 9.01. The summed E-state index contributed by atoms with van der Waals surface area (Å²) in [5.41, 5.74) is 0.682. The van der Waals surface area contributed by atoms with Gasteiger partial charge in [-0.05, 0) is 25.0 Å². The fourth-order valence-electron chi connectivity index (χ4n) is 3.29. The Morgan fingerprint density at radius 1 is 1.12 bits per heavy atom. The van der Waals surface area contributed by atoms with Crippen LogP contribution in [0.4, 0.5) is 4.79 Å². The van der Waals surface area contributed by atoms with Crippen LogP contribution in [0.3, 0.4) is 0 Å². The number of piperidine rings is 1. The molecule has 0 atom stereocenters. The van der Waals surface area contributed by atoms with Crippen LogP contribution in [0.2, 0.25) is 0 Å². The van der Waals surface area contributed by atoms with E-state index in [4.69, 9.17) is 9.15 Å². The molecule has 3 heterocycles. The third-order valence-electron chi connectivity index (χ3n) is 4.54. The zero-order valence-corrected chi connectivity index (χ0v) is 12.9. The summed E-state index contributed by atoms with van der Waals surface area (Å²) in [7, 11) is 0. The highest BCUT2D eigenvalue weighted by atomic mass is 16.6. The third-order valence-corrected chi connectivity index (χ3v) is 4.54. The van der Waals surface area contributed by atoms with Crippen LogP contribution in [-0.2, 0) is 9.53 Å². The molecule has 0 unspecified atom stereocenters. The summed E-state index contributed by atoms with van der Waals surface area (Å²) in [5, 5.41) is 0.890. The monoisotopic (exact) mass is 328 g/mol. The van der Waals surface area contributed by atoms with Crippen LogP contribution in [0.5, 0.6) is 0 Å². The van der Waals surface area contributed by atoms with E-state index in [-0.39, 0.29) is 24.5 Å². The molecule has 0 saturated carbocycles. The standard InChI is InChI=1S/C17H16N2O5/c20-15-10-23-17(22)19(15)12-5-7-18(8-6-12)16(21)14-9-11-3-1-2-4-13(11)24-14/h1-4,9,12H,5-8,10H2. The number of rotatable bonds is 2. The molecule has 124 valence electrons. The lowest BCUT2D eigenvalue weighted by Gasteiger charge is -2.34. The Bertz CT molecular complexity index is 770. The molecule has 2 fully saturated rings. The van der Waals surface area contributed by atoms with Crippen LogP contribution < -0.4 is 0 Å². The number of imide groups is 1. The molecule has 0 N–H and O–H groups in total. The molecule has 3 amide bonds. The van der Waals surface area contributed by atoms with Crippen molar-refractivity contribution in [2.75, 3.05) is 19.7 Å². The Morgan fingerprint density at radius 2 is 1.88 bits per heavy atom. The zero-order valence-electron chi connectivity index (χ0n) is 12.9. The minimum Gasteiger partial charge on any atom is -0.451 e. The normalized spacial score (nSPS) is 19.2. The quantitative estimate of drug-likeness (QED) is 0.842. The number of carbonyl (C=O) groups excluding carboxylic acids is 3. The van der Waals surface area contributed by atoms with Crippen LogP contribution in [-0.4, -0.2) is 53.4 Å². The number of likely N-dealkylation sites (tertiary alicyclic amines) is 1. The second-order valence-corrected chi connectivity index (χ2v) is 5.99. The number of amides is 3. The fraction of sp³-hybridized carbons (Fsp3) is 0.353. The van der Waals surface area contributed by atoms with Crippen molar-refractivity contribution in [1.82, 2.24) is 9.80 Å². The molecule has 24 heavy (non-hydrogen) atoms. The number of carbonyl (C=O) groups is 3. The molecule has 4 rings (SSSR count). The predicted molar refractivity (Wildman–Crippen MR) is 83.3 cm³/mol. The average Bonchev–Trinajstić information content (AvgIpc) is 3.18. The molecule has 1 aromatic heterocycles. The second-order valence-electron chi connectivity index (χ2n) is 5.99. The van der Waals surface area contributed by atoms with E-state index >= 15 is 0 Å². The Balaban J connectivity index is 1.44. The lowest BCUT2D eigenvalue weighted by molar-refractivity contribution is -0.127. The third kappa shape index (κ3) is 2.42. The van der Waals surface area contributed by atoms with Crippen molar-refractivity contribution >= 4 is 28.9 Å². The number of cyclic esters (lactones) is 1. The van der Waals surface area contributed by atoms with Crippen molar-refractivity contribution in [2.45, 2.75) is 18.9 Å². The van der Waals surface area contributed by atoms with Gasteiger partial charge in [-0.15, -0.1) is 0 Å². The lowest BCUT2D eigenvalue weighted by Crippen LogP contribution is -2.48. The molecule has 0 bridgehead atoms. The summed E-state index contributed by atoms with van der Waals surface area (Å²) >= 11 is 0. The first kappa shape index (κ1) is 14.7. The van der Waals surface area contributed by atoms with Crippen molar-refractivity contribution < 1.29 is 23.5 Å². The Labute approximate surface area is 137 Å². The molecule has 2 aliphatic heterocycles. The highest BCUT2D eigenvalue weighted by molar-refractivity contribution is 5.98. The van der Waals surface area contributed by atoms with Crippen LogP contribution >= 0.6 is 0 Å². The van der Waals surface area contributed by atoms with Gasteiger partial charge in [0.25, 0.3) is 11.8 Å². The number of benzene rings is 1. The molecule has 0 spiro atoms. The topological polar surface area (TPSA) is 80.1 Å². The Hall–Kier alpha value is -2.83. The van der Waals surface area contributed by atoms with E-state index in [1.54, 1.807) is 11.0 Å². The van der Waals surface area contributed by atoms with Gasteiger partial charge in [-0.2, -0.15) is 0 Å². The first-order chi connectivity index (χ1) is 11.6. The van der Waals surface area contributed by atoms with Gasteiger partial charge in [0.2, 0.25) is 0 Å². The maximum Gasteiger partial charge on any atom is 0.417 e. The minimum absolute atomic E-state index is 0.167. The van der Waals surface area contributed by atoms with Gasteiger partial charge in [0.15, 0.2) is 12.4 Å². The summed E-state index contributed by atoms with van der Waals surface area (Å²) in [5.74, 6) is -0.159. The Kier molecular flexibility index (Phi) is 3.48. The van der Waals surface area contributed by atoms with Crippen molar-refractivity contribution in [2.24, 2.45) is 0 Å². The number of hydrogen-bond acceptors (Lipinski definition) is 5. The smallest absolute Gasteiger partial charge is 0.417 e. The number of para-hydroxylation sites is 1. The molecular formula is C17H16N2O5. The van der Waals surface area contributed by atoms with Crippen molar-refractivity contribution in [3.63, 3.8) is 0 Å². The van der Waals surface area contributed by atoms with Gasteiger partial charge in [0, 0.05) is 24.5 Å². The van der Waals surface area contributed by atoms with E-state index in [2.05, 4.69) is 0 Å². The fourth-order valence-corrected chi connectivity index (χ4v) is 3.29. The SMILES string of the molecule is O=C(c1cc2ccccc2o1)N1CCC(N2C(=O)COC2=O)CC1. The Morgan fingerprint density at radius 3 is 2.54 bits per heavy atom. The summed E-state index contributed by atoms with van der Waals surface area (Å²) in [6.45, 7) is 0.756. The van der Waals surface area contributed by atoms with Crippen molar-refractivity contribution in [1.29, 1.82) is 0 Å². The van der Waals surface area contributed by atoms with E-state index in [1.165, 1.54) is 4.90 Å². The number of fused-ring (bicyclic) bond motifs is 1. The summed E-state index contributed by atoms with van der Waals surface area (Å²) in [4.78, 5) is 38.8. The van der Waals surface area contributed by atoms with Crippen molar-refractivity contribution in [3.05, 3.63) is 36.1 Å². The highest BCUT2D eigenvalue weighted by Crippen LogP contribution is 2.24. The molecular weight excluding hydrogens is 312 g/mol. The average molecular weight is 328 g/mol. The van der Waals surface area contributed by atoms with E-state index in [0.29, 0.717) is 37.3 Å². The van der Waals surface area contributed by atoms with Crippen LogP contribution in [0.15, 0.2) is 34.7 Å². The first-order valence-electron chi connectivity index (χ1n) is 7.90. The first-order valence-corrected chi connectivity index (χ1v) is 7.90. The molecule has 2 aromatic rings. The number of hydrogen-bond donors (Lipinski definition) is 0. The van der Waals surface area contributed by atoms with Gasteiger partial charge in [0.05, 0.1) is 0 Å². The second kappa shape index (κ2) is 5.67. The number of ether oxygens (including phenoxy) is 1. The van der Waals surface area contributed by atoms with E-state index in [9.17, 15) is 14.4 Å². The van der Waals surface area contributed by atoms with Crippen molar-refractivity contribution in [3.8, 4) is 0 Å². The zero-order chi connectivity index (χ0) is 16.7. The number of nitrogens with zero attached hydrogens (tertiary/aromatic N) is 2. The maximum atomic E-state index is 12.6. The minimum atomic E-state index is -0.581. The van der Waals surface area contributed by atoms with Gasteiger partial charge in [-0.3, -0.25) is 9.59 Å². The highest BCUT2D eigenvalue weighted by Gasteiger charge is 2.39. The molecule has 0 radical (unpaired) electrons. The van der Waals surface area contributed by atoms with Gasteiger partial charge >= 0.3 is 6.09 Å². The molecule has 7 heteroatoms. The molecule has 2 saturated heterocycles. The predicted octanol–water partition coefficient (Wildman–Crippen LogP) is 2.02. The largest absolute Gasteiger partial charge is 0.451 e. The summed E-state index contributed by atoms with van der Waals surface area (Å²) in [6.07, 6.45) is 0.515. The van der Waals surface area contributed by atoms with E-state index < -0.39 is 6.09 Å². The maximum absolute atomic E-state index is 12.6. The molecule has 7 nitrogen and oxygen atoms in total. The van der Waals surface area contributed by atoms with Crippen LogP contribution in [0, 0.1) is 0 Å².